The van der Waals surface area contributed by atoms with Crippen LogP contribution in [0.4, 0.5) is 0 Å². The van der Waals surface area contributed by atoms with Crippen molar-refractivity contribution in [2.24, 2.45) is 5.92 Å². The fraction of sp³-hybridized carbons (Fsp3) is 0.611. The Balaban J connectivity index is 1.38. The Labute approximate surface area is 151 Å². The first-order chi connectivity index (χ1) is 12.7. The number of H-pyrrole nitrogens is 1. The molecule has 8 nitrogen and oxygen atoms in total. The van der Waals surface area contributed by atoms with Crippen molar-refractivity contribution in [1.29, 1.82) is 0 Å². The van der Waals surface area contributed by atoms with Gasteiger partial charge in [0.15, 0.2) is 5.69 Å². The maximum atomic E-state index is 13.1. The summed E-state index contributed by atoms with van der Waals surface area (Å²) in [6.45, 7) is 3.03. The second-order valence-electron chi connectivity index (χ2n) is 7.48. The lowest BCUT2D eigenvalue weighted by Gasteiger charge is -2.20. The van der Waals surface area contributed by atoms with Gasteiger partial charge in [-0.05, 0) is 31.2 Å². The number of nitrogens with zero attached hydrogens (tertiary/aromatic N) is 4. The van der Waals surface area contributed by atoms with Gasteiger partial charge >= 0.3 is 0 Å². The average molecular weight is 357 g/mol. The molecule has 0 unspecified atom stereocenters. The zero-order valence-corrected chi connectivity index (χ0v) is 14.6. The number of fused-ring (bicyclic) bond motifs is 2. The van der Waals surface area contributed by atoms with Crippen molar-refractivity contribution in [2.45, 2.75) is 51.5 Å². The highest BCUT2D eigenvalue weighted by Crippen LogP contribution is 2.40. The van der Waals surface area contributed by atoms with E-state index < -0.39 is 6.10 Å². The van der Waals surface area contributed by atoms with Crippen LogP contribution in [0.5, 0.6) is 0 Å². The smallest absolute Gasteiger partial charge is 0.275 e. The number of rotatable bonds is 3. The van der Waals surface area contributed by atoms with Crippen LogP contribution < -0.4 is 0 Å². The molecule has 1 amide bonds. The molecule has 3 aliphatic rings. The third-order valence-corrected chi connectivity index (χ3v) is 5.59. The number of hydrogen-bond donors (Lipinski definition) is 2. The Hall–Kier alpha value is -2.19. The van der Waals surface area contributed by atoms with Gasteiger partial charge < -0.3 is 14.7 Å². The number of ether oxygens (including phenoxy) is 1. The molecule has 1 saturated carbocycles. The first kappa shape index (κ1) is 16.0. The van der Waals surface area contributed by atoms with Crippen LogP contribution in [0.1, 0.15) is 58.5 Å². The molecule has 138 valence electrons. The first-order valence-electron chi connectivity index (χ1n) is 9.38. The standard InChI is InChI=1S/C18H23N5O3/c24-17(11-2-3-11)15-8-12-9-22(5-1-6-23(12)21-15)18(25)16-13-10-26-7-4-14(13)19-20-16/h8,11,17,24H,1-7,9-10H2,(H,19,20)/t17-/m1/s1. The number of carbonyl (C=O) groups excluding carboxylic acids is 1. The van der Waals surface area contributed by atoms with Crippen molar-refractivity contribution >= 4 is 5.91 Å². The topological polar surface area (TPSA) is 96.3 Å². The molecule has 1 atom stereocenters. The minimum Gasteiger partial charge on any atom is -0.386 e. The van der Waals surface area contributed by atoms with E-state index in [9.17, 15) is 9.90 Å². The molecule has 0 saturated heterocycles. The van der Waals surface area contributed by atoms with Crippen molar-refractivity contribution < 1.29 is 14.6 Å². The minimum absolute atomic E-state index is 0.0630. The third-order valence-electron chi connectivity index (χ3n) is 5.59. The molecule has 2 N–H and O–H groups in total. The molecule has 8 heteroatoms. The summed E-state index contributed by atoms with van der Waals surface area (Å²) < 4.78 is 7.44. The quantitative estimate of drug-likeness (QED) is 0.860. The van der Waals surface area contributed by atoms with Gasteiger partial charge in [-0.25, -0.2) is 0 Å². The molecule has 0 radical (unpaired) electrons. The molecule has 0 bridgehead atoms. The molecule has 1 aliphatic carbocycles. The highest BCUT2D eigenvalue weighted by atomic mass is 16.5. The van der Waals surface area contributed by atoms with E-state index in [0.717, 1.165) is 54.9 Å². The lowest BCUT2D eigenvalue weighted by Crippen LogP contribution is -2.32. The van der Waals surface area contributed by atoms with Gasteiger partial charge in [-0.3, -0.25) is 14.6 Å². The summed E-state index contributed by atoms with van der Waals surface area (Å²) in [5, 5.41) is 22.2. The van der Waals surface area contributed by atoms with Gasteiger partial charge in [-0.1, -0.05) is 0 Å². The highest BCUT2D eigenvalue weighted by Gasteiger charge is 2.34. The van der Waals surface area contributed by atoms with Crippen LogP contribution >= 0.6 is 0 Å². The monoisotopic (exact) mass is 357 g/mol. The zero-order chi connectivity index (χ0) is 17.7. The maximum Gasteiger partial charge on any atom is 0.275 e. The van der Waals surface area contributed by atoms with Gasteiger partial charge in [0, 0.05) is 30.8 Å². The van der Waals surface area contributed by atoms with Crippen LogP contribution in [-0.2, 0) is 30.9 Å². The number of aryl methyl sites for hydroxylation is 1. The van der Waals surface area contributed by atoms with Gasteiger partial charge in [0.1, 0.15) is 6.10 Å². The largest absolute Gasteiger partial charge is 0.386 e. The Morgan fingerprint density at radius 3 is 3.12 bits per heavy atom. The van der Waals surface area contributed by atoms with E-state index in [0.29, 0.717) is 37.9 Å². The molecule has 26 heavy (non-hydrogen) atoms. The van der Waals surface area contributed by atoms with Crippen molar-refractivity contribution in [1.82, 2.24) is 24.9 Å². The Morgan fingerprint density at radius 2 is 2.27 bits per heavy atom. The Morgan fingerprint density at radius 1 is 1.38 bits per heavy atom. The lowest BCUT2D eigenvalue weighted by atomic mass is 10.1. The van der Waals surface area contributed by atoms with Crippen LogP contribution in [0, 0.1) is 5.92 Å². The van der Waals surface area contributed by atoms with Crippen LogP contribution in [0.2, 0.25) is 0 Å². The minimum atomic E-state index is -0.478. The number of carbonyl (C=O) groups is 1. The Kier molecular flexibility index (Phi) is 3.82. The maximum absolute atomic E-state index is 13.1. The second-order valence-corrected chi connectivity index (χ2v) is 7.48. The number of nitrogens with one attached hydrogen (secondary N) is 1. The third kappa shape index (κ3) is 2.73. The number of amides is 1. The number of aromatic amines is 1. The fourth-order valence-electron chi connectivity index (χ4n) is 3.89. The summed E-state index contributed by atoms with van der Waals surface area (Å²) in [7, 11) is 0. The van der Waals surface area contributed by atoms with Crippen molar-refractivity contribution in [3.05, 3.63) is 34.4 Å². The molecular formula is C18H23N5O3. The molecule has 0 aromatic carbocycles. The summed E-state index contributed by atoms with van der Waals surface area (Å²) in [4.78, 5) is 14.9. The molecule has 1 fully saturated rings. The summed E-state index contributed by atoms with van der Waals surface area (Å²) >= 11 is 0. The molecule has 4 heterocycles. The fourth-order valence-corrected chi connectivity index (χ4v) is 3.89. The van der Waals surface area contributed by atoms with E-state index in [2.05, 4.69) is 15.3 Å². The van der Waals surface area contributed by atoms with E-state index in [1.54, 1.807) is 0 Å². The summed E-state index contributed by atoms with van der Waals surface area (Å²) in [5.41, 5.74) is 4.10. The summed E-state index contributed by atoms with van der Waals surface area (Å²) in [5.74, 6) is 0.286. The average Bonchev–Trinajstić information content (AvgIpc) is 3.36. The number of aliphatic hydroxyl groups is 1. The molecule has 2 aromatic heterocycles. The van der Waals surface area contributed by atoms with Crippen LogP contribution in [0.15, 0.2) is 6.07 Å². The molecule has 5 rings (SSSR count). The number of hydrogen-bond acceptors (Lipinski definition) is 5. The van der Waals surface area contributed by atoms with Gasteiger partial charge in [0.2, 0.25) is 0 Å². The summed E-state index contributed by atoms with van der Waals surface area (Å²) in [6.07, 6.45) is 3.27. The van der Waals surface area contributed by atoms with Crippen molar-refractivity contribution in [3.63, 3.8) is 0 Å². The van der Waals surface area contributed by atoms with Gasteiger partial charge in [-0.2, -0.15) is 10.2 Å². The predicted octanol–water partition coefficient (Wildman–Crippen LogP) is 1.17. The molecule has 0 spiro atoms. The van der Waals surface area contributed by atoms with Gasteiger partial charge in [0.25, 0.3) is 5.91 Å². The predicted molar refractivity (Wildman–Crippen MR) is 91.2 cm³/mol. The van der Waals surface area contributed by atoms with Gasteiger partial charge in [-0.15, -0.1) is 0 Å². The zero-order valence-electron chi connectivity index (χ0n) is 14.6. The van der Waals surface area contributed by atoms with E-state index in [1.165, 1.54) is 0 Å². The SMILES string of the molecule is O=C(c1n[nH]c2c1COCC2)N1CCCn2nc([C@H](O)C3CC3)cc2C1. The lowest BCUT2D eigenvalue weighted by molar-refractivity contribution is 0.0726. The normalized spacial score (nSPS) is 21.0. The van der Waals surface area contributed by atoms with Crippen molar-refractivity contribution in [3.8, 4) is 0 Å². The van der Waals surface area contributed by atoms with E-state index in [4.69, 9.17) is 4.74 Å². The van der Waals surface area contributed by atoms with E-state index >= 15 is 0 Å². The number of aliphatic hydroxyl groups excluding tert-OH is 1. The van der Waals surface area contributed by atoms with Crippen molar-refractivity contribution in [2.75, 3.05) is 13.2 Å². The molecular weight excluding hydrogens is 334 g/mol. The summed E-state index contributed by atoms with van der Waals surface area (Å²) in [6, 6.07) is 1.96. The van der Waals surface area contributed by atoms with E-state index in [1.807, 2.05) is 15.6 Å². The Bertz CT molecular complexity index is 838. The molecule has 2 aliphatic heterocycles. The first-order valence-corrected chi connectivity index (χ1v) is 9.38. The van der Waals surface area contributed by atoms with Crippen LogP contribution in [0.3, 0.4) is 0 Å². The molecule has 2 aromatic rings. The van der Waals surface area contributed by atoms with E-state index in [-0.39, 0.29) is 5.91 Å². The van der Waals surface area contributed by atoms with Gasteiger partial charge in [0.05, 0.1) is 31.1 Å². The highest BCUT2D eigenvalue weighted by molar-refractivity contribution is 5.94. The van der Waals surface area contributed by atoms with Crippen LogP contribution in [0.25, 0.3) is 0 Å². The second kappa shape index (κ2) is 6.21. The number of aromatic nitrogens is 4. The van der Waals surface area contributed by atoms with Crippen LogP contribution in [-0.4, -0.2) is 49.0 Å².